The van der Waals surface area contributed by atoms with Crippen molar-refractivity contribution in [1.29, 1.82) is 0 Å². The molecule has 6 heteroatoms. The summed E-state index contributed by atoms with van der Waals surface area (Å²) < 4.78 is 0. The van der Waals surface area contributed by atoms with Gasteiger partial charge in [0.25, 0.3) is 0 Å². The van der Waals surface area contributed by atoms with Crippen LogP contribution < -0.4 is 15.5 Å². The molecule has 2 amide bonds. The van der Waals surface area contributed by atoms with Gasteiger partial charge in [-0.05, 0) is 44.2 Å². The number of piperazine rings is 1. The summed E-state index contributed by atoms with van der Waals surface area (Å²) in [6.45, 7) is 11.3. The highest BCUT2D eigenvalue weighted by atomic mass is 16.2. The number of hydrogen-bond donors (Lipinski definition) is 2. The van der Waals surface area contributed by atoms with Gasteiger partial charge in [-0.15, -0.1) is 0 Å². The second-order valence-electron chi connectivity index (χ2n) is 6.21. The molecule has 0 aliphatic carbocycles. The Labute approximate surface area is 144 Å². The number of benzene rings is 1. The molecule has 1 aromatic carbocycles. The normalized spacial score (nSPS) is 16.5. The zero-order valence-corrected chi connectivity index (χ0v) is 14.8. The van der Waals surface area contributed by atoms with Crippen LogP contribution in [-0.4, -0.2) is 55.5 Å². The summed E-state index contributed by atoms with van der Waals surface area (Å²) in [5.74, 6) is -1.22. The van der Waals surface area contributed by atoms with Gasteiger partial charge in [-0.3, -0.25) is 9.59 Å². The van der Waals surface area contributed by atoms with Gasteiger partial charge in [-0.1, -0.05) is 13.8 Å². The Kier molecular flexibility index (Phi) is 6.61. The molecule has 1 aliphatic heterocycles. The summed E-state index contributed by atoms with van der Waals surface area (Å²) in [4.78, 5) is 28.4. The van der Waals surface area contributed by atoms with E-state index in [0.29, 0.717) is 5.69 Å². The molecule has 1 aliphatic rings. The standard InChI is InChI=1S/C18H28N4O2/c1-4-14(3)19-17(23)18(24)20-15-6-8-16(9-7-15)22-12-10-21(5-2)11-13-22/h6-9,14H,4-5,10-13H2,1-3H3,(H,19,23)(H,20,24)/t14-/m1/s1. The van der Waals surface area contributed by atoms with Crippen molar-refractivity contribution in [3.8, 4) is 0 Å². The van der Waals surface area contributed by atoms with E-state index in [1.165, 1.54) is 0 Å². The van der Waals surface area contributed by atoms with Crippen molar-refractivity contribution in [3.63, 3.8) is 0 Å². The monoisotopic (exact) mass is 332 g/mol. The summed E-state index contributed by atoms with van der Waals surface area (Å²) in [5, 5.41) is 5.30. The van der Waals surface area contributed by atoms with E-state index in [-0.39, 0.29) is 6.04 Å². The van der Waals surface area contributed by atoms with Gasteiger partial charge >= 0.3 is 11.8 Å². The number of likely N-dealkylation sites (N-methyl/N-ethyl adjacent to an activating group) is 1. The smallest absolute Gasteiger partial charge is 0.313 e. The van der Waals surface area contributed by atoms with Crippen LogP contribution in [0.3, 0.4) is 0 Å². The molecule has 1 atom stereocenters. The van der Waals surface area contributed by atoms with Gasteiger partial charge in [0.15, 0.2) is 0 Å². The van der Waals surface area contributed by atoms with Crippen molar-refractivity contribution in [2.75, 3.05) is 42.9 Å². The molecule has 1 heterocycles. The van der Waals surface area contributed by atoms with Crippen LogP contribution >= 0.6 is 0 Å². The number of anilines is 2. The molecule has 0 bridgehead atoms. The zero-order chi connectivity index (χ0) is 17.5. The molecule has 6 nitrogen and oxygen atoms in total. The van der Waals surface area contributed by atoms with Crippen molar-refractivity contribution in [3.05, 3.63) is 24.3 Å². The lowest BCUT2D eigenvalue weighted by Crippen LogP contribution is -2.46. The summed E-state index contributed by atoms with van der Waals surface area (Å²) in [7, 11) is 0. The molecule has 24 heavy (non-hydrogen) atoms. The van der Waals surface area contributed by atoms with Crippen molar-refractivity contribution < 1.29 is 9.59 Å². The van der Waals surface area contributed by atoms with E-state index in [9.17, 15) is 9.59 Å². The number of nitrogens with one attached hydrogen (secondary N) is 2. The summed E-state index contributed by atoms with van der Waals surface area (Å²) in [6, 6.07) is 7.66. The van der Waals surface area contributed by atoms with Gasteiger partial charge in [-0.2, -0.15) is 0 Å². The van der Waals surface area contributed by atoms with Gasteiger partial charge in [0.2, 0.25) is 0 Å². The lowest BCUT2D eigenvalue weighted by atomic mass is 10.2. The second-order valence-corrected chi connectivity index (χ2v) is 6.21. The second kappa shape index (κ2) is 8.68. The summed E-state index contributed by atoms with van der Waals surface area (Å²) >= 11 is 0. The van der Waals surface area contributed by atoms with Gasteiger partial charge in [0.1, 0.15) is 0 Å². The molecule has 1 fully saturated rings. The van der Waals surface area contributed by atoms with Crippen LogP contribution in [-0.2, 0) is 9.59 Å². The number of carbonyl (C=O) groups excluding carboxylic acids is 2. The highest BCUT2D eigenvalue weighted by Gasteiger charge is 2.17. The molecule has 1 saturated heterocycles. The Morgan fingerprint density at radius 1 is 1.04 bits per heavy atom. The lowest BCUT2D eigenvalue weighted by Gasteiger charge is -2.35. The third-order valence-electron chi connectivity index (χ3n) is 4.51. The molecule has 132 valence electrons. The van der Waals surface area contributed by atoms with Crippen molar-refractivity contribution in [2.45, 2.75) is 33.2 Å². The largest absolute Gasteiger partial charge is 0.369 e. The number of amides is 2. The van der Waals surface area contributed by atoms with E-state index >= 15 is 0 Å². The van der Waals surface area contributed by atoms with Crippen molar-refractivity contribution in [1.82, 2.24) is 10.2 Å². The zero-order valence-electron chi connectivity index (χ0n) is 14.8. The first-order chi connectivity index (χ1) is 11.5. The Morgan fingerprint density at radius 2 is 1.67 bits per heavy atom. The minimum absolute atomic E-state index is 0.00702. The molecule has 0 unspecified atom stereocenters. The highest BCUT2D eigenvalue weighted by molar-refractivity contribution is 6.39. The van der Waals surface area contributed by atoms with E-state index in [4.69, 9.17) is 0 Å². The van der Waals surface area contributed by atoms with E-state index in [0.717, 1.165) is 44.8 Å². The van der Waals surface area contributed by atoms with Crippen molar-refractivity contribution >= 4 is 23.2 Å². The molecule has 0 spiro atoms. The Balaban J connectivity index is 1.88. The van der Waals surface area contributed by atoms with Crippen LogP contribution in [0.1, 0.15) is 27.2 Å². The van der Waals surface area contributed by atoms with Gasteiger partial charge in [0.05, 0.1) is 0 Å². The average Bonchev–Trinajstić information content (AvgIpc) is 2.62. The predicted molar refractivity (Wildman–Crippen MR) is 97.3 cm³/mol. The predicted octanol–water partition coefficient (Wildman–Crippen LogP) is 1.68. The van der Waals surface area contributed by atoms with Crippen molar-refractivity contribution in [2.24, 2.45) is 0 Å². The molecule has 2 rings (SSSR count). The van der Waals surface area contributed by atoms with Crippen LogP contribution in [0.25, 0.3) is 0 Å². The van der Waals surface area contributed by atoms with Gasteiger partial charge in [-0.25, -0.2) is 0 Å². The van der Waals surface area contributed by atoms with Crippen LogP contribution in [0.2, 0.25) is 0 Å². The fourth-order valence-electron chi connectivity index (χ4n) is 2.66. The van der Waals surface area contributed by atoms with Gasteiger partial charge < -0.3 is 20.4 Å². The Morgan fingerprint density at radius 3 is 2.21 bits per heavy atom. The summed E-state index contributed by atoms with van der Waals surface area (Å²) in [5.41, 5.74) is 1.78. The van der Waals surface area contributed by atoms with E-state index in [1.807, 2.05) is 38.1 Å². The third-order valence-corrected chi connectivity index (χ3v) is 4.51. The SMILES string of the molecule is CC[C@@H](C)NC(=O)C(=O)Nc1ccc(N2CCN(CC)CC2)cc1. The maximum atomic E-state index is 11.9. The number of rotatable bonds is 5. The average molecular weight is 332 g/mol. The third kappa shape index (κ3) is 4.96. The first-order valence-electron chi connectivity index (χ1n) is 8.72. The maximum Gasteiger partial charge on any atom is 0.313 e. The quantitative estimate of drug-likeness (QED) is 0.805. The van der Waals surface area contributed by atoms with E-state index < -0.39 is 11.8 Å². The van der Waals surface area contributed by atoms with Crippen LogP contribution in [0, 0.1) is 0 Å². The molecule has 0 saturated carbocycles. The molecule has 0 radical (unpaired) electrons. The Hall–Kier alpha value is -2.08. The fraction of sp³-hybridized carbons (Fsp3) is 0.556. The fourth-order valence-corrected chi connectivity index (χ4v) is 2.66. The topological polar surface area (TPSA) is 64.7 Å². The lowest BCUT2D eigenvalue weighted by molar-refractivity contribution is -0.136. The number of hydrogen-bond acceptors (Lipinski definition) is 4. The summed E-state index contributed by atoms with van der Waals surface area (Å²) in [6.07, 6.45) is 0.791. The minimum atomic E-state index is -0.625. The van der Waals surface area contributed by atoms with Crippen LogP contribution in [0.15, 0.2) is 24.3 Å². The number of nitrogens with zero attached hydrogens (tertiary/aromatic N) is 2. The van der Waals surface area contributed by atoms with Crippen LogP contribution in [0.4, 0.5) is 11.4 Å². The Bertz CT molecular complexity index is 551. The maximum absolute atomic E-state index is 11.9. The molecular weight excluding hydrogens is 304 g/mol. The highest BCUT2D eigenvalue weighted by Crippen LogP contribution is 2.19. The first kappa shape index (κ1) is 18.3. The molecule has 1 aromatic rings. The van der Waals surface area contributed by atoms with Gasteiger partial charge in [0, 0.05) is 43.6 Å². The van der Waals surface area contributed by atoms with E-state index in [2.05, 4.69) is 27.4 Å². The first-order valence-corrected chi connectivity index (χ1v) is 8.72. The molecule has 0 aromatic heterocycles. The van der Waals surface area contributed by atoms with Crippen LogP contribution in [0.5, 0.6) is 0 Å². The molecule has 2 N–H and O–H groups in total. The van der Waals surface area contributed by atoms with E-state index in [1.54, 1.807) is 0 Å². The number of carbonyl (C=O) groups is 2. The molecular formula is C18H28N4O2. The minimum Gasteiger partial charge on any atom is -0.369 e.